The van der Waals surface area contributed by atoms with Gasteiger partial charge in [0.25, 0.3) is 0 Å². The van der Waals surface area contributed by atoms with E-state index in [-0.39, 0.29) is 30.4 Å². The number of hydrogen-bond donors (Lipinski definition) is 2. The Bertz CT molecular complexity index is 833. The maximum atomic E-state index is 13.0. The summed E-state index contributed by atoms with van der Waals surface area (Å²) >= 11 is 0. The standard InChI is InChI=1S/C24H31N3O3/c1-17(2)15-21(28)27-22(18-9-4-3-5-10-18)23(29)26-16-19-11-8-14-25-24(19)30-20-12-6-7-13-20/h3-5,8-11,14,17,20,22H,6-7,12-13,15-16H2,1-2H3,(H,26,29)(H,27,28). The van der Waals surface area contributed by atoms with E-state index in [1.807, 2.05) is 56.3 Å². The third-order valence-corrected chi connectivity index (χ3v) is 5.18. The maximum absolute atomic E-state index is 13.0. The average molecular weight is 410 g/mol. The summed E-state index contributed by atoms with van der Waals surface area (Å²) in [5, 5.41) is 5.82. The molecule has 160 valence electrons. The first-order valence-electron chi connectivity index (χ1n) is 10.8. The third kappa shape index (κ3) is 6.31. The van der Waals surface area contributed by atoms with Gasteiger partial charge in [0, 0.05) is 24.7 Å². The minimum atomic E-state index is -0.742. The first-order valence-corrected chi connectivity index (χ1v) is 10.8. The van der Waals surface area contributed by atoms with E-state index in [0.29, 0.717) is 12.3 Å². The normalized spacial score (nSPS) is 15.0. The Balaban J connectivity index is 1.68. The van der Waals surface area contributed by atoms with Crippen molar-refractivity contribution in [3.63, 3.8) is 0 Å². The van der Waals surface area contributed by atoms with Gasteiger partial charge in [-0.3, -0.25) is 9.59 Å². The molecule has 6 nitrogen and oxygen atoms in total. The summed E-state index contributed by atoms with van der Waals surface area (Å²) in [6.07, 6.45) is 6.71. The van der Waals surface area contributed by atoms with Crippen molar-refractivity contribution < 1.29 is 14.3 Å². The summed E-state index contributed by atoms with van der Waals surface area (Å²) in [4.78, 5) is 29.7. The predicted octanol–water partition coefficient (Wildman–Crippen LogP) is 3.92. The van der Waals surface area contributed by atoms with Crippen molar-refractivity contribution in [2.24, 2.45) is 5.92 Å². The van der Waals surface area contributed by atoms with Crippen LogP contribution in [0.5, 0.6) is 5.88 Å². The van der Waals surface area contributed by atoms with Gasteiger partial charge in [-0.25, -0.2) is 4.98 Å². The van der Waals surface area contributed by atoms with E-state index in [9.17, 15) is 9.59 Å². The van der Waals surface area contributed by atoms with Crippen LogP contribution in [0, 0.1) is 5.92 Å². The van der Waals surface area contributed by atoms with Crippen molar-refractivity contribution in [2.75, 3.05) is 0 Å². The Hall–Kier alpha value is -2.89. The van der Waals surface area contributed by atoms with Gasteiger partial charge in [0.15, 0.2) is 0 Å². The highest BCUT2D eigenvalue weighted by Crippen LogP contribution is 2.25. The van der Waals surface area contributed by atoms with Gasteiger partial charge < -0.3 is 15.4 Å². The van der Waals surface area contributed by atoms with Gasteiger partial charge in [0.05, 0.1) is 0 Å². The van der Waals surface area contributed by atoms with Crippen LogP contribution < -0.4 is 15.4 Å². The molecule has 1 atom stereocenters. The van der Waals surface area contributed by atoms with Crippen LogP contribution in [0.3, 0.4) is 0 Å². The molecule has 2 amide bonds. The topological polar surface area (TPSA) is 80.3 Å². The number of carbonyl (C=O) groups excluding carboxylic acids is 2. The number of pyridine rings is 1. The number of nitrogens with zero attached hydrogens (tertiary/aromatic N) is 1. The van der Waals surface area contributed by atoms with Crippen molar-refractivity contribution in [3.05, 3.63) is 59.8 Å². The molecule has 1 aromatic heterocycles. The second-order valence-electron chi connectivity index (χ2n) is 8.22. The molecule has 2 aromatic rings. The highest BCUT2D eigenvalue weighted by Gasteiger charge is 2.24. The van der Waals surface area contributed by atoms with E-state index in [1.165, 1.54) is 12.8 Å². The summed E-state index contributed by atoms with van der Waals surface area (Å²) in [5.41, 5.74) is 1.58. The number of ether oxygens (including phenoxy) is 1. The third-order valence-electron chi connectivity index (χ3n) is 5.18. The minimum Gasteiger partial charge on any atom is -0.474 e. The number of nitrogens with one attached hydrogen (secondary N) is 2. The molecular formula is C24H31N3O3. The van der Waals surface area contributed by atoms with Gasteiger partial charge in [-0.05, 0) is 43.2 Å². The summed E-state index contributed by atoms with van der Waals surface area (Å²) in [6, 6.07) is 12.3. The monoisotopic (exact) mass is 409 g/mol. The Morgan fingerprint density at radius 3 is 2.53 bits per heavy atom. The highest BCUT2D eigenvalue weighted by molar-refractivity contribution is 5.88. The molecule has 0 radical (unpaired) electrons. The van der Waals surface area contributed by atoms with Crippen molar-refractivity contribution in [2.45, 2.75) is 64.6 Å². The van der Waals surface area contributed by atoms with Crippen molar-refractivity contribution in [3.8, 4) is 5.88 Å². The molecule has 2 N–H and O–H groups in total. The fraction of sp³-hybridized carbons (Fsp3) is 0.458. The molecule has 1 unspecified atom stereocenters. The number of benzene rings is 1. The van der Waals surface area contributed by atoms with Crippen LogP contribution in [0.2, 0.25) is 0 Å². The van der Waals surface area contributed by atoms with Gasteiger partial charge >= 0.3 is 0 Å². The quantitative estimate of drug-likeness (QED) is 0.658. The smallest absolute Gasteiger partial charge is 0.247 e. The molecular weight excluding hydrogens is 378 g/mol. The van der Waals surface area contributed by atoms with Gasteiger partial charge in [-0.1, -0.05) is 50.2 Å². The molecule has 0 spiro atoms. The number of carbonyl (C=O) groups is 2. The van der Waals surface area contributed by atoms with Crippen LogP contribution in [0.4, 0.5) is 0 Å². The second kappa shape index (κ2) is 10.8. The molecule has 1 aromatic carbocycles. The van der Waals surface area contributed by atoms with Crippen LogP contribution in [0.1, 0.15) is 63.1 Å². The molecule has 1 heterocycles. The predicted molar refractivity (Wildman–Crippen MR) is 116 cm³/mol. The van der Waals surface area contributed by atoms with Crippen molar-refractivity contribution in [1.29, 1.82) is 0 Å². The van der Waals surface area contributed by atoms with Gasteiger partial charge in [0.2, 0.25) is 17.7 Å². The molecule has 30 heavy (non-hydrogen) atoms. The summed E-state index contributed by atoms with van der Waals surface area (Å²) in [7, 11) is 0. The van der Waals surface area contributed by atoms with E-state index in [1.54, 1.807) is 6.20 Å². The Morgan fingerprint density at radius 2 is 1.83 bits per heavy atom. The summed E-state index contributed by atoms with van der Waals surface area (Å²) in [6.45, 7) is 4.25. The van der Waals surface area contributed by atoms with Crippen LogP contribution in [0.15, 0.2) is 48.7 Å². The van der Waals surface area contributed by atoms with E-state index in [2.05, 4.69) is 15.6 Å². The van der Waals surface area contributed by atoms with Gasteiger partial charge in [0.1, 0.15) is 12.1 Å². The lowest BCUT2D eigenvalue weighted by Gasteiger charge is -2.20. The first-order chi connectivity index (χ1) is 14.5. The summed E-state index contributed by atoms with van der Waals surface area (Å²) < 4.78 is 6.06. The van der Waals surface area contributed by atoms with Crippen molar-refractivity contribution >= 4 is 11.8 Å². The molecule has 1 fully saturated rings. The zero-order valence-corrected chi connectivity index (χ0v) is 17.8. The molecule has 1 aliphatic carbocycles. The highest BCUT2D eigenvalue weighted by atomic mass is 16.5. The van der Waals surface area contributed by atoms with E-state index in [0.717, 1.165) is 24.0 Å². The zero-order chi connectivity index (χ0) is 21.3. The van der Waals surface area contributed by atoms with Crippen LogP contribution >= 0.6 is 0 Å². The number of rotatable bonds is 9. The van der Waals surface area contributed by atoms with Crippen LogP contribution in [0.25, 0.3) is 0 Å². The van der Waals surface area contributed by atoms with Crippen LogP contribution in [-0.4, -0.2) is 22.9 Å². The lowest BCUT2D eigenvalue weighted by molar-refractivity contribution is -0.129. The SMILES string of the molecule is CC(C)CC(=O)NC(C(=O)NCc1cccnc1OC1CCCC1)c1ccccc1. The first kappa shape index (κ1) is 21.8. The van der Waals surface area contributed by atoms with Gasteiger partial charge in [-0.2, -0.15) is 0 Å². The fourth-order valence-electron chi connectivity index (χ4n) is 3.65. The van der Waals surface area contributed by atoms with Crippen LogP contribution in [-0.2, 0) is 16.1 Å². The van der Waals surface area contributed by atoms with E-state index in [4.69, 9.17) is 4.74 Å². The Kier molecular flexibility index (Phi) is 7.82. The Morgan fingerprint density at radius 1 is 1.10 bits per heavy atom. The Labute approximate surface area is 178 Å². The molecule has 0 saturated heterocycles. The molecule has 0 aliphatic heterocycles. The molecule has 3 rings (SSSR count). The largest absolute Gasteiger partial charge is 0.474 e. The second-order valence-corrected chi connectivity index (χ2v) is 8.22. The summed E-state index contributed by atoms with van der Waals surface area (Å²) in [5.74, 6) is 0.398. The average Bonchev–Trinajstić information content (AvgIpc) is 3.24. The van der Waals surface area contributed by atoms with E-state index >= 15 is 0 Å². The maximum Gasteiger partial charge on any atom is 0.247 e. The number of aromatic nitrogens is 1. The van der Waals surface area contributed by atoms with Gasteiger partial charge in [-0.15, -0.1) is 0 Å². The fourth-order valence-corrected chi connectivity index (χ4v) is 3.65. The molecule has 1 aliphatic rings. The van der Waals surface area contributed by atoms with E-state index < -0.39 is 6.04 Å². The zero-order valence-electron chi connectivity index (χ0n) is 17.8. The number of hydrogen-bond acceptors (Lipinski definition) is 4. The molecule has 6 heteroatoms. The lowest BCUT2D eigenvalue weighted by atomic mass is 10.0. The van der Waals surface area contributed by atoms with Crippen molar-refractivity contribution in [1.82, 2.24) is 15.6 Å². The minimum absolute atomic E-state index is 0.138. The molecule has 1 saturated carbocycles. The lowest BCUT2D eigenvalue weighted by Crippen LogP contribution is -2.40. The molecule has 0 bridgehead atoms. The number of amides is 2.